The number of rotatable bonds is 3. The smallest absolute Gasteiger partial charge is 0.253 e. The molecule has 1 atom stereocenters. The second kappa shape index (κ2) is 6.71. The van der Waals surface area contributed by atoms with Gasteiger partial charge in [0.15, 0.2) is 0 Å². The van der Waals surface area contributed by atoms with Gasteiger partial charge >= 0.3 is 0 Å². The van der Waals surface area contributed by atoms with E-state index in [2.05, 4.69) is 11.4 Å². The van der Waals surface area contributed by atoms with Crippen LogP contribution in [0.25, 0.3) is 0 Å². The van der Waals surface area contributed by atoms with Crippen LogP contribution >= 0.6 is 11.6 Å². The third kappa shape index (κ3) is 3.29. The van der Waals surface area contributed by atoms with E-state index in [-0.39, 0.29) is 16.5 Å². The molecule has 1 aliphatic rings. The minimum Gasteiger partial charge on any atom is -0.336 e. The first-order valence-corrected chi connectivity index (χ1v) is 7.15. The van der Waals surface area contributed by atoms with E-state index in [1.165, 1.54) is 24.6 Å². The van der Waals surface area contributed by atoms with Gasteiger partial charge in [0.1, 0.15) is 11.9 Å². The van der Waals surface area contributed by atoms with Crippen LogP contribution in [0.4, 0.5) is 4.39 Å². The molecule has 2 rings (SSSR count). The van der Waals surface area contributed by atoms with E-state index in [4.69, 9.17) is 11.6 Å². The van der Waals surface area contributed by atoms with Gasteiger partial charge in [0.05, 0.1) is 16.7 Å². The van der Waals surface area contributed by atoms with Crippen molar-refractivity contribution >= 4 is 17.5 Å². The Kier molecular flexibility index (Phi) is 4.97. The zero-order chi connectivity index (χ0) is 14.5. The molecule has 0 saturated heterocycles. The lowest BCUT2D eigenvalue weighted by Crippen LogP contribution is -2.40. The Hall–Kier alpha value is -1.60. The molecule has 1 saturated carbocycles. The fourth-order valence-electron chi connectivity index (χ4n) is 2.62. The molecule has 1 aromatic carbocycles. The molecule has 106 valence electrons. The van der Waals surface area contributed by atoms with E-state index in [0.717, 1.165) is 25.7 Å². The number of hydrogen-bond acceptors (Lipinski definition) is 2. The standard InChI is InChI=1S/C15H16ClFN2O/c16-14-11(7-4-8-12(14)17)15(20)19-13(9-18)10-5-2-1-3-6-10/h4,7-8,10,13H,1-3,5-6H2,(H,19,20). The number of amides is 1. The summed E-state index contributed by atoms with van der Waals surface area (Å²) in [5.41, 5.74) is 0.0720. The van der Waals surface area contributed by atoms with E-state index < -0.39 is 17.8 Å². The SMILES string of the molecule is N#CC(NC(=O)c1cccc(F)c1Cl)C1CCCCC1. The van der Waals surface area contributed by atoms with Crippen molar-refractivity contribution in [1.82, 2.24) is 5.32 Å². The van der Waals surface area contributed by atoms with Gasteiger partial charge in [-0.2, -0.15) is 5.26 Å². The van der Waals surface area contributed by atoms with Crippen LogP contribution in [0.5, 0.6) is 0 Å². The van der Waals surface area contributed by atoms with Gasteiger partial charge in [0, 0.05) is 0 Å². The maximum absolute atomic E-state index is 13.3. The molecular weight excluding hydrogens is 279 g/mol. The molecule has 1 N–H and O–H groups in total. The Balaban J connectivity index is 2.09. The molecule has 0 aliphatic heterocycles. The number of nitriles is 1. The van der Waals surface area contributed by atoms with Crippen molar-refractivity contribution in [3.63, 3.8) is 0 Å². The molecule has 5 heteroatoms. The summed E-state index contributed by atoms with van der Waals surface area (Å²) in [7, 11) is 0. The zero-order valence-electron chi connectivity index (χ0n) is 11.0. The monoisotopic (exact) mass is 294 g/mol. The van der Waals surface area contributed by atoms with Crippen LogP contribution in [0.1, 0.15) is 42.5 Å². The van der Waals surface area contributed by atoms with Crippen LogP contribution in [-0.2, 0) is 0 Å². The minimum absolute atomic E-state index is 0.0720. The number of carbonyl (C=O) groups excluding carboxylic acids is 1. The van der Waals surface area contributed by atoms with Gasteiger partial charge in [-0.1, -0.05) is 36.9 Å². The van der Waals surface area contributed by atoms with E-state index >= 15 is 0 Å². The fraction of sp³-hybridized carbons (Fsp3) is 0.467. The van der Waals surface area contributed by atoms with Crippen LogP contribution in [0.15, 0.2) is 18.2 Å². The summed E-state index contributed by atoms with van der Waals surface area (Å²) in [6, 6.07) is 5.68. The lowest BCUT2D eigenvalue weighted by Gasteiger charge is -2.26. The van der Waals surface area contributed by atoms with Crippen molar-refractivity contribution in [1.29, 1.82) is 5.26 Å². The lowest BCUT2D eigenvalue weighted by atomic mass is 9.84. The van der Waals surface area contributed by atoms with E-state index in [1.807, 2.05) is 0 Å². The van der Waals surface area contributed by atoms with Crippen LogP contribution in [0.2, 0.25) is 5.02 Å². The molecule has 1 amide bonds. The number of nitrogens with zero attached hydrogens (tertiary/aromatic N) is 1. The van der Waals surface area contributed by atoms with Crippen molar-refractivity contribution in [3.8, 4) is 6.07 Å². The molecule has 3 nitrogen and oxygen atoms in total. The topological polar surface area (TPSA) is 52.9 Å². The highest BCUT2D eigenvalue weighted by Gasteiger charge is 2.26. The molecule has 1 unspecified atom stereocenters. The third-order valence-electron chi connectivity index (χ3n) is 3.74. The van der Waals surface area contributed by atoms with Crippen molar-refractivity contribution in [2.75, 3.05) is 0 Å². The summed E-state index contributed by atoms with van der Waals surface area (Å²) in [6.07, 6.45) is 5.22. The third-order valence-corrected chi connectivity index (χ3v) is 4.13. The zero-order valence-corrected chi connectivity index (χ0v) is 11.8. The number of carbonyl (C=O) groups is 1. The molecule has 1 aliphatic carbocycles. The molecule has 1 aromatic rings. The number of hydrogen-bond donors (Lipinski definition) is 1. The van der Waals surface area contributed by atoms with Gasteiger partial charge in [0.2, 0.25) is 0 Å². The first-order chi connectivity index (χ1) is 9.63. The van der Waals surface area contributed by atoms with Crippen LogP contribution < -0.4 is 5.32 Å². The highest BCUT2D eigenvalue weighted by atomic mass is 35.5. The van der Waals surface area contributed by atoms with Gasteiger partial charge < -0.3 is 5.32 Å². The lowest BCUT2D eigenvalue weighted by molar-refractivity contribution is 0.0928. The number of nitrogens with one attached hydrogen (secondary N) is 1. The first kappa shape index (κ1) is 14.8. The molecule has 0 aromatic heterocycles. The Labute approximate surface area is 122 Å². The van der Waals surface area contributed by atoms with Crippen molar-refractivity contribution < 1.29 is 9.18 Å². The average Bonchev–Trinajstić information content (AvgIpc) is 2.48. The summed E-state index contributed by atoms with van der Waals surface area (Å²) in [6.45, 7) is 0. The molecule has 0 bridgehead atoms. The predicted octanol–water partition coefficient (Wildman–Crippen LogP) is 3.68. The maximum Gasteiger partial charge on any atom is 0.253 e. The number of benzene rings is 1. The Morgan fingerprint density at radius 1 is 1.40 bits per heavy atom. The van der Waals surface area contributed by atoms with Gasteiger partial charge in [-0.15, -0.1) is 0 Å². The Bertz CT molecular complexity index is 535. The van der Waals surface area contributed by atoms with Crippen molar-refractivity contribution in [2.24, 2.45) is 5.92 Å². The minimum atomic E-state index is -0.634. The molecular formula is C15H16ClFN2O. The van der Waals surface area contributed by atoms with Crippen LogP contribution in [0, 0.1) is 23.1 Å². The van der Waals surface area contributed by atoms with Gasteiger partial charge in [0.25, 0.3) is 5.91 Å². The molecule has 0 heterocycles. The quantitative estimate of drug-likeness (QED) is 0.924. The first-order valence-electron chi connectivity index (χ1n) is 6.78. The molecule has 20 heavy (non-hydrogen) atoms. The summed E-state index contributed by atoms with van der Waals surface area (Å²) >= 11 is 5.78. The normalized spacial score (nSPS) is 17.2. The highest BCUT2D eigenvalue weighted by Crippen LogP contribution is 2.27. The molecule has 0 radical (unpaired) electrons. The van der Waals surface area contributed by atoms with E-state index in [1.54, 1.807) is 0 Å². The Morgan fingerprint density at radius 3 is 2.75 bits per heavy atom. The predicted molar refractivity (Wildman–Crippen MR) is 74.9 cm³/mol. The van der Waals surface area contributed by atoms with Crippen LogP contribution in [-0.4, -0.2) is 11.9 Å². The van der Waals surface area contributed by atoms with Gasteiger partial charge in [-0.05, 0) is 30.9 Å². The highest BCUT2D eigenvalue weighted by molar-refractivity contribution is 6.34. The molecule has 0 spiro atoms. The van der Waals surface area contributed by atoms with E-state index in [0.29, 0.717) is 0 Å². The van der Waals surface area contributed by atoms with Gasteiger partial charge in [-0.25, -0.2) is 4.39 Å². The van der Waals surface area contributed by atoms with Crippen molar-refractivity contribution in [2.45, 2.75) is 38.1 Å². The summed E-state index contributed by atoms with van der Waals surface area (Å²) in [5, 5.41) is 11.7. The van der Waals surface area contributed by atoms with Crippen molar-refractivity contribution in [3.05, 3.63) is 34.6 Å². The second-order valence-corrected chi connectivity index (χ2v) is 5.46. The second-order valence-electron chi connectivity index (χ2n) is 5.08. The average molecular weight is 295 g/mol. The summed E-state index contributed by atoms with van der Waals surface area (Å²) in [5.74, 6) is -0.956. The number of halogens is 2. The van der Waals surface area contributed by atoms with Crippen LogP contribution in [0.3, 0.4) is 0 Å². The fourth-order valence-corrected chi connectivity index (χ4v) is 2.83. The Morgan fingerprint density at radius 2 is 2.10 bits per heavy atom. The van der Waals surface area contributed by atoms with E-state index in [9.17, 15) is 14.4 Å². The summed E-state index contributed by atoms with van der Waals surface area (Å²) < 4.78 is 13.3. The summed E-state index contributed by atoms with van der Waals surface area (Å²) in [4.78, 5) is 12.1. The molecule has 1 fully saturated rings. The largest absolute Gasteiger partial charge is 0.336 e. The van der Waals surface area contributed by atoms with Gasteiger partial charge in [-0.3, -0.25) is 4.79 Å². The maximum atomic E-state index is 13.3.